The summed E-state index contributed by atoms with van der Waals surface area (Å²) >= 11 is 5.44. The number of thioether (sulfide) groups is 1. The number of hydrogen-bond donors (Lipinski definition) is 2. The molecule has 0 spiro atoms. The maximum absolute atomic E-state index is 12.5. The van der Waals surface area contributed by atoms with Crippen LogP contribution in [0.3, 0.4) is 0 Å². The van der Waals surface area contributed by atoms with Crippen LogP contribution < -0.4 is 10.6 Å². The van der Waals surface area contributed by atoms with Crippen LogP contribution in [0.15, 0.2) is 53.4 Å². The van der Waals surface area contributed by atoms with E-state index in [0.29, 0.717) is 10.7 Å². The first-order valence-corrected chi connectivity index (χ1v) is 7.21. The molecule has 2 amide bonds. The number of carbonyl (C=O) groups excluding carboxylic acids is 1. The van der Waals surface area contributed by atoms with Crippen LogP contribution in [0.5, 0.6) is 0 Å². The molecule has 2 N–H and O–H groups in total. The third-order valence-electron chi connectivity index (χ3n) is 2.46. The Kier molecular flexibility index (Phi) is 5.20. The van der Waals surface area contributed by atoms with Crippen molar-refractivity contribution in [3.63, 3.8) is 0 Å². The minimum atomic E-state index is -4.43. The highest BCUT2D eigenvalue weighted by atomic mass is 35.5. The van der Waals surface area contributed by atoms with Crippen LogP contribution in [-0.2, 0) is 0 Å². The number of alkyl halides is 3. The van der Waals surface area contributed by atoms with E-state index in [1.54, 1.807) is 30.3 Å². The average molecular weight is 347 g/mol. The standard InChI is InChI=1S/C14H10ClF3N2OS/c15-9-5-7-10(8-6-9)19-13(21)20-11-3-1-2-4-12(11)22-14(16,17)18/h1-8H,(H2,19,20,21). The van der Waals surface area contributed by atoms with Crippen LogP contribution in [-0.4, -0.2) is 11.5 Å². The fraction of sp³-hybridized carbons (Fsp3) is 0.0714. The zero-order valence-electron chi connectivity index (χ0n) is 10.9. The molecule has 0 atom stereocenters. The van der Waals surface area contributed by atoms with Crippen molar-refractivity contribution in [2.75, 3.05) is 10.6 Å². The SMILES string of the molecule is O=C(Nc1ccc(Cl)cc1)Nc1ccccc1SC(F)(F)F. The molecule has 2 aromatic rings. The quantitative estimate of drug-likeness (QED) is 0.711. The minimum absolute atomic E-state index is 0.0799. The smallest absolute Gasteiger partial charge is 0.308 e. The summed E-state index contributed by atoms with van der Waals surface area (Å²) in [5.41, 5.74) is -3.87. The van der Waals surface area contributed by atoms with Crippen molar-refractivity contribution in [3.8, 4) is 0 Å². The second-order valence-electron chi connectivity index (χ2n) is 4.13. The van der Waals surface area contributed by atoms with Crippen molar-refractivity contribution < 1.29 is 18.0 Å². The molecule has 0 aliphatic rings. The van der Waals surface area contributed by atoms with E-state index in [4.69, 9.17) is 11.6 Å². The van der Waals surface area contributed by atoms with E-state index in [-0.39, 0.29) is 22.3 Å². The fourth-order valence-corrected chi connectivity index (χ4v) is 2.35. The molecule has 0 fully saturated rings. The molecule has 0 radical (unpaired) electrons. The molecule has 22 heavy (non-hydrogen) atoms. The van der Waals surface area contributed by atoms with Gasteiger partial charge in [-0.1, -0.05) is 23.7 Å². The highest BCUT2D eigenvalue weighted by molar-refractivity contribution is 8.00. The molecule has 0 saturated carbocycles. The number of hydrogen-bond acceptors (Lipinski definition) is 2. The predicted octanol–water partition coefficient (Wildman–Crippen LogP) is 5.60. The highest BCUT2D eigenvalue weighted by Crippen LogP contribution is 2.40. The van der Waals surface area contributed by atoms with Crippen molar-refractivity contribution in [1.29, 1.82) is 0 Å². The monoisotopic (exact) mass is 346 g/mol. The van der Waals surface area contributed by atoms with E-state index in [1.165, 1.54) is 18.2 Å². The Bertz CT molecular complexity index is 662. The van der Waals surface area contributed by atoms with Gasteiger partial charge in [0.15, 0.2) is 0 Å². The zero-order valence-corrected chi connectivity index (χ0v) is 12.5. The highest BCUT2D eigenvalue weighted by Gasteiger charge is 2.30. The molecule has 0 unspecified atom stereocenters. The summed E-state index contributed by atoms with van der Waals surface area (Å²) in [6.45, 7) is 0. The Morgan fingerprint density at radius 1 is 1.00 bits per heavy atom. The molecule has 2 rings (SSSR count). The number of benzene rings is 2. The van der Waals surface area contributed by atoms with E-state index < -0.39 is 11.5 Å². The summed E-state index contributed by atoms with van der Waals surface area (Å²) in [4.78, 5) is 11.8. The second-order valence-corrected chi connectivity index (χ2v) is 5.67. The summed E-state index contributed by atoms with van der Waals surface area (Å²) < 4.78 is 37.4. The lowest BCUT2D eigenvalue weighted by molar-refractivity contribution is -0.0328. The van der Waals surface area contributed by atoms with E-state index in [9.17, 15) is 18.0 Å². The van der Waals surface area contributed by atoms with Gasteiger partial charge in [-0.2, -0.15) is 13.2 Å². The maximum Gasteiger partial charge on any atom is 0.446 e. The van der Waals surface area contributed by atoms with E-state index in [1.807, 2.05) is 0 Å². The molecule has 0 aliphatic heterocycles. The van der Waals surface area contributed by atoms with E-state index >= 15 is 0 Å². The van der Waals surface area contributed by atoms with Crippen molar-refractivity contribution in [2.24, 2.45) is 0 Å². The second kappa shape index (κ2) is 6.93. The third-order valence-corrected chi connectivity index (χ3v) is 3.52. The molecule has 2 aromatic carbocycles. The summed E-state index contributed by atoms with van der Waals surface area (Å²) in [6.07, 6.45) is 0. The Morgan fingerprint density at radius 2 is 1.64 bits per heavy atom. The summed E-state index contributed by atoms with van der Waals surface area (Å²) in [5.74, 6) is 0. The number of rotatable bonds is 3. The largest absolute Gasteiger partial charge is 0.446 e. The number of halogens is 4. The van der Waals surface area contributed by atoms with Crippen molar-refractivity contribution >= 4 is 40.8 Å². The normalized spacial score (nSPS) is 11.1. The van der Waals surface area contributed by atoms with Crippen LogP contribution in [0.2, 0.25) is 5.02 Å². The molecule has 8 heteroatoms. The molecule has 116 valence electrons. The summed E-state index contributed by atoms with van der Waals surface area (Å²) in [7, 11) is 0. The molecule has 0 aromatic heterocycles. The Hall–Kier alpha value is -1.86. The molecule has 0 bridgehead atoms. The van der Waals surface area contributed by atoms with Gasteiger partial charge >= 0.3 is 11.5 Å². The number of nitrogens with one attached hydrogen (secondary N) is 2. The van der Waals surface area contributed by atoms with Crippen molar-refractivity contribution in [2.45, 2.75) is 10.4 Å². The van der Waals surface area contributed by atoms with Crippen LogP contribution >= 0.6 is 23.4 Å². The van der Waals surface area contributed by atoms with Gasteiger partial charge in [0.25, 0.3) is 0 Å². The van der Waals surface area contributed by atoms with E-state index in [0.717, 1.165) is 0 Å². The Balaban J connectivity index is 2.07. The topological polar surface area (TPSA) is 41.1 Å². The Labute approximate surface area is 133 Å². The van der Waals surface area contributed by atoms with Gasteiger partial charge in [0.1, 0.15) is 0 Å². The van der Waals surface area contributed by atoms with Gasteiger partial charge < -0.3 is 10.6 Å². The first-order valence-electron chi connectivity index (χ1n) is 6.02. The van der Waals surface area contributed by atoms with Crippen LogP contribution in [0, 0.1) is 0 Å². The van der Waals surface area contributed by atoms with Gasteiger partial charge in [-0.25, -0.2) is 4.79 Å². The number of urea groups is 1. The lowest BCUT2D eigenvalue weighted by Gasteiger charge is -2.12. The van der Waals surface area contributed by atoms with Crippen LogP contribution in [0.1, 0.15) is 0 Å². The van der Waals surface area contributed by atoms with Gasteiger partial charge in [-0.3, -0.25) is 0 Å². The molecular formula is C14H10ClF3N2OS. The van der Waals surface area contributed by atoms with Crippen molar-refractivity contribution in [1.82, 2.24) is 0 Å². The third kappa shape index (κ3) is 5.16. The van der Waals surface area contributed by atoms with Gasteiger partial charge in [-0.05, 0) is 48.2 Å². The maximum atomic E-state index is 12.5. The lowest BCUT2D eigenvalue weighted by atomic mass is 10.3. The van der Waals surface area contributed by atoms with Gasteiger partial charge in [0.05, 0.1) is 5.69 Å². The van der Waals surface area contributed by atoms with Gasteiger partial charge in [-0.15, -0.1) is 0 Å². The van der Waals surface area contributed by atoms with Crippen molar-refractivity contribution in [3.05, 3.63) is 53.6 Å². The molecular weight excluding hydrogens is 337 g/mol. The van der Waals surface area contributed by atoms with Crippen LogP contribution in [0.4, 0.5) is 29.3 Å². The number of anilines is 2. The number of amides is 2. The lowest BCUT2D eigenvalue weighted by Crippen LogP contribution is -2.20. The molecule has 0 saturated heterocycles. The first-order chi connectivity index (χ1) is 10.3. The fourth-order valence-electron chi connectivity index (χ4n) is 1.60. The van der Waals surface area contributed by atoms with E-state index in [2.05, 4.69) is 10.6 Å². The predicted molar refractivity (Wildman–Crippen MR) is 82.4 cm³/mol. The summed E-state index contributed by atoms with van der Waals surface area (Å²) in [6, 6.07) is 11.4. The number of carbonyl (C=O) groups is 1. The minimum Gasteiger partial charge on any atom is -0.308 e. The van der Waals surface area contributed by atoms with Gasteiger partial charge in [0, 0.05) is 15.6 Å². The number of para-hydroxylation sites is 1. The molecule has 0 aliphatic carbocycles. The molecule has 0 heterocycles. The first kappa shape index (κ1) is 16.5. The average Bonchev–Trinajstić information content (AvgIpc) is 2.42. The zero-order chi connectivity index (χ0) is 16.2. The van der Waals surface area contributed by atoms with Gasteiger partial charge in [0.2, 0.25) is 0 Å². The Morgan fingerprint density at radius 3 is 2.27 bits per heavy atom. The van der Waals surface area contributed by atoms with Crippen LogP contribution in [0.25, 0.3) is 0 Å². The molecule has 3 nitrogen and oxygen atoms in total. The summed E-state index contributed by atoms with van der Waals surface area (Å²) in [5, 5.41) is 5.41.